The van der Waals surface area contributed by atoms with Crippen LogP contribution in [0.15, 0.2) is 16.5 Å². The van der Waals surface area contributed by atoms with Crippen molar-refractivity contribution in [1.29, 1.82) is 0 Å². The second kappa shape index (κ2) is 4.98. The molecule has 0 aromatic carbocycles. The van der Waals surface area contributed by atoms with E-state index in [-0.39, 0.29) is 5.78 Å². The van der Waals surface area contributed by atoms with Gasteiger partial charge in [0.05, 0.1) is 0 Å². The highest BCUT2D eigenvalue weighted by atomic mass is 16.3. The van der Waals surface area contributed by atoms with Gasteiger partial charge in [-0.05, 0) is 75.3 Å². The highest BCUT2D eigenvalue weighted by molar-refractivity contribution is 5.93. The average Bonchev–Trinajstić information content (AvgIpc) is 2.83. The maximum Gasteiger partial charge on any atom is 0.199 e. The first-order chi connectivity index (χ1) is 10.1. The van der Waals surface area contributed by atoms with Crippen molar-refractivity contribution in [3.05, 3.63) is 23.7 Å². The standard InChI is InChI=1S/C18H25NO2/c1-12-2-3-17(21-12)16(20)4-5-19-18-9-13-6-14(10-18)8-15(7-13)11-18/h2-3,13-15,19H,4-11H2,1H3. The predicted molar refractivity (Wildman–Crippen MR) is 81.3 cm³/mol. The van der Waals surface area contributed by atoms with Gasteiger partial charge in [0.1, 0.15) is 5.76 Å². The Morgan fingerprint density at radius 1 is 1.19 bits per heavy atom. The maximum atomic E-state index is 12.1. The third-order valence-electron chi connectivity index (χ3n) is 5.91. The molecule has 0 unspecified atom stereocenters. The molecule has 4 aliphatic rings. The monoisotopic (exact) mass is 287 g/mol. The summed E-state index contributed by atoms with van der Waals surface area (Å²) in [6.07, 6.45) is 8.96. The largest absolute Gasteiger partial charge is 0.458 e. The number of aryl methyl sites for hydroxylation is 1. The molecule has 3 heteroatoms. The van der Waals surface area contributed by atoms with Crippen molar-refractivity contribution in [3.8, 4) is 0 Å². The zero-order valence-electron chi connectivity index (χ0n) is 12.9. The molecular weight excluding hydrogens is 262 g/mol. The third-order valence-corrected chi connectivity index (χ3v) is 5.91. The number of Topliss-reactive ketones (excluding diaryl/α,β-unsaturated/α-hetero) is 1. The van der Waals surface area contributed by atoms with Crippen LogP contribution < -0.4 is 5.32 Å². The summed E-state index contributed by atoms with van der Waals surface area (Å²) in [6.45, 7) is 2.68. The number of carbonyl (C=O) groups excluding carboxylic acids is 1. The van der Waals surface area contributed by atoms with Gasteiger partial charge in [-0.1, -0.05) is 0 Å². The second-order valence-electron chi connectivity index (χ2n) is 7.71. The Bertz CT molecular complexity index is 510. The van der Waals surface area contributed by atoms with Crippen molar-refractivity contribution in [2.24, 2.45) is 17.8 Å². The average molecular weight is 287 g/mol. The van der Waals surface area contributed by atoms with Crippen LogP contribution in [0.4, 0.5) is 0 Å². The van der Waals surface area contributed by atoms with Crippen LogP contribution in [-0.2, 0) is 0 Å². The number of nitrogens with one attached hydrogen (secondary N) is 1. The molecular formula is C18H25NO2. The summed E-state index contributed by atoms with van der Waals surface area (Å²) < 4.78 is 5.41. The molecule has 0 amide bonds. The van der Waals surface area contributed by atoms with Crippen molar-refractivity contribution in [1.82, 2.24) is 5.32 Å². The van der Waals surface area contributed by atoms with Gasteiger partial charge in [0, 0.05) is 18.5 Å². The first-order valence-electron chi connectivity index (χ1n) is 8.47. The fourth-order valence-corrected chi connectivity index (χ4v) is 5.48. The van der Waals surface area contributed by atoms with Crippen molar-refractivity contribution in [2.75, 3.05) is 6.54 Å². The van der Waals surface area contributed by atoms with Crippen LogP contribution in [0.3, 0.4) is 0 Å². The number of carbonyl (C=O) groups is 1. The van der Waals surface area contributed by atoms with Crippen LogP contribution in [-0.4, -0.2) is 17.9 Å². The first kappa shape index (κ1) is 13.6. The summed E-state index contributed by atoms with van der Waals surface area (Å²) in [4.78, 5) is 12.1. The van der Waals surface area contributed by atoms with Crippen molar-refractivity contribution in [3.63, 3.8) is 0 Å². The number of furan rings is 1. The molecule has 4 bridgehead atoms. The third kappa shape index (κ3) is 2.57. The highest BCUT2D eigenvalue weighted by Crippen LogP contribution is 2.55. The zero-order chi connectivity index (χ0) is 14.4. The summed E-state index contributed by atoms with van der Waals surface area (Å²) in [6, 6.07) is 3.65. The Labute approximate surface area is 126 Å². The molecule has 0 atom stereocenters. The van der Waals surface area contributed by atoms with E-state index in [1.165, 1.54) is 38.5 Å². The lowest BCUT2D eigenvalue weighted by Gasteiger charge is -2.57. The molecule has 21 heavy (non-hydrogen) atoms. The van der Waals surface area contributed by atoms with E-state index in [1.54, 1.807) is 6.07 Å². The molecule has 0 aliphatic heterocycles. The Morgan fingerprint density at radius 3 is 2.33 bits per heavy atom. The van der Waals surface area contributed by atoms with Gasteiger partial charge >= 0.3 is 0 Å². The second-order valence-corrected chi connectivity index (χ2v) is 7.71. The number of ketones is 1. The van der Waals surface area contributed by atoms with E-state index in [9.17, 15) is 4.79 Å². The van der Waals surface area contributed by atoms with Gasteiger partial charge < -0.3 is 9.73 Å². The van der Waals surface area contributed by atoms with Crippen molar-refractivity contribution in [2.45, 2.75) is 57.4 Å². The van der Waals surface area contributed by atoms with Crippen LogP contribution in [0.2, 0.25) is 0 Å². The quantitative estimate of drug-likeness (QED) is 0.839. The molecule has 4 aliphatic carbocycles. The Hall–Kier alpha value is -1.09. The fraction of sp³-hybridized carbons (Fsp3) is 0.722. The van der Waals surface area contributed by atoms with Gasteiger partial charge in [-0.25, -0.2) is 0 Å². The van der Waals surface area contributed by atoms with Gasteiger partial charge in [0.2, 0.25) is 0 Å². The molecule has 3 nitrogen and oxygen atoms in total. The van der Waals surface area contributed by atoms with Crippen LogP contribution in [0.1, 0.15) is 61.3 Å². The number of hydrogen-bond acceptors (Lipinski definition) is 3. The molecule has 1 aromatic rings. The minimum absolute atomic E-state index is 0.125. The van der Waals surface area contributed by atoms with E-state index in [1.807, 2.05) is 13.0 Å². The van der Waals surface area contributed by atoms with E-state index in [2.05, 4.69) is 5.32 Å². The van der Waals surface area contributed by atoms with Gasteiger partial charge in [0.15, 0.2) is 11.5 Å². The van der Waals surface area contributed by atoms with Crippen molar-refractivity contribution < 1.29 is 9.21 Å². The molecule has 4 fully saturated rings. The van der Waals surface area contributed by atoms with E-state index >= 15 is 0 Å². The molecule has 1 heterocycles. The predicted octanol–water partition coefficient (Wildman–Crippen LogP) is 3.72. The lowest BCUT2D eigenvalue weighted by molar-refractivity contribution is -0.0193. The number of hydrogen-bond donors (Lipinski definition) is 1. The SMILES string of the molecule is Cc1ccc(C(=O)CCNC23CC4CC(CC(C4)C2)C3)o1. The van der Waals surface area contributed by atoms with Crippen LogP contribution in [0, 0.1) is 24.7 Å². The molecule has 1 aromatic heterocycles. The lowest BCUT2D eigenvalue weighted by atomic mass is 9.53. The zero-order valence-corrected chi connectivity index (χ0v) is 12.9. The Kier molecular flexibility index (Phi) is 3.21. The van der Waals surface area contributed by atoms with Gasteiger partial charge in [0.25, 0.3) is 0 Å². The molecule has 0 radical (unpaired) electrons. The summed E-state index contributed by atoms with van der Waals surface area (Å²) in [5.74, 6) is 4.30. The molecule has 4 saturated carbocycles. The molecule has 1 N–H and O–H groups in total. The summed E-state index contributed by atoms with van der Waals surface area (Å²) in [5, 5.41) is 3.77. The molecule has 0 saturated heterocycles. The van der Waals surface area contributed by atoms with E-state index in [4.69, 9.17) is 4.42 Å². The number of rotatable bonds is 5. The summed E-state index contributed by atoms with van der Waals surface area (Å²) >= 11 is 0. The maximum absolute atomic E-state index is 12.1. The van der Waals surface area contributed by atoms with Crippen LogP contribution in [0.25, 0.3) is 0 Å². The van der Waals surface area contributed by atoms with Gasteiger partial charge in [-0.3, -0.25) is 4.79 Å². The topological polar surface area (TPSA) is 42.2 Å². The molecule has 5 rings (SSSR count). The summed E-state index contributed by atoms with van der Waals surface area (Å²) in [7, 11) is 0. The van der Waals surface area contributed by atoms with Gasteiger partial charge in [-0.15, -0.1) is 0 Å². The van der Waals surface area contributed by atoms with E-state index < -0.39 is 0 Å². The smallest absolute Gasteiger partial charge is 0.199 e. The molecule has 0 spiro atoms. The lowest BCUT2D eigenvalue weighted by Crippen LogP contribution is -2.58. The van der Waals surface area contributed by atoms with Crippen LogP contribution >= 0.6 is 0 Å². The molecule has 114 valence electrons. The van der Waals surface area contributed by atoms with E-state index in [0.29, 0.717) is 17.7 Å². The minimum Gasteiger partial charge on any atom is -0.458 e. The van der Waals surface area contributed by atoms with Gasteiger partial charge in [-0.2, -0.15) is 0 Å². The minimum atomic E-state index is 0.125. The first-order valence-corrected chi connectivity index (χ1v) is 8.47. The fourth-order valence-electron chi connectivity index (χ4n) is 5.48. The van der Waals surface area contributed by atoms with Crippen molar-refractivity contribution >= 4 is 5.78 Å². The van der Waals surface area contributed by atoms with E-state index in [0.717, 1.165) is 30.1 Å². The Balaban J connectivity index is 1.34. The highest BCUT2D eigenvalue weighted by Gasteiger charge is 2.50. The normalized spacial score (nSPS) is 37.1. The Morgan fingerprint density at radius 2 is 1.81 bits per heavy atom. The summed E-state index contributed by atoms with van der Waals surface area (Å²) in [5.41, 5.74) is 0.355. The van der Waals surface area contributed by atoms with Crippen LogP contribution in [0.5, 0.6) is 0 Å².